The molecule has 2 unspecified atom stereocenters. The first-order valence-electron chi connectivity index (χ1n) is 8.78. The maximum atomic E-state index is 13.1. The number of carbonyl (C=O) groups is 1. The molecule has 27 heavy (non-hydrogen) atoms. The fourth-order valence-corrected chi connectivity index (χ4v) is 3.13. The van der Waals surface area contributed by atoms with Gasteiger partial charge in [-0.3, -0.25) is 4.79 Å². The van der Waals surface area contributed by atoms with Crippen LogP contribution >= 0.6 is 0 Å². The van der Waals surface area contributed by atoms with Crippen LogP contribution in [0, 0.1) is 12.7 Å². The van der Waals surface area contributed by atoms with Crippen molar-refractivity contribution in [1.82, 2.24) is 20.6 Å². The van der Waals surface area contributed by atoms with Crippen LogP contribution in [0.1, 0.15) is 23.7 Å². The fraction of sp³-hybridized carbons (Fsp3) is 0.200. The highest BCUT2D eigenvalue weighted by Crippen LogP contribution is 2.23. The minimum absolute atomic E-state index is 0.0354. The molecule has 3 aromatic rings. The zero-order valence-corrected chi connectivity index (χ0v) is 14.8. The van der Waals surface area contributed by atoms with Crippen LogP contribution in [0.5, 0.6) is 0 Å². The number of nitrogens with one attached hydrogen (secondary N) is 3. The number of hydrogen-bond acceptors (Lipinski definition) is 4. The summed E-state index contributed by atoms with van der Waals surface area (Å²) >= 11 is 0. The molecule has 0 radical (unpaired) electrons. The number of aryl methyl sites for hydroxylation is 1. The Morgan fingerprint density at radius 3 is 2.52 bits per heavy atom. The lowest BCUT2D eigenvalue weighted by Gasteiger charge is -2.11. The first-order valence-corrected chi connectivity index (χ1v) is 8.78. The van der Waals surface area contributed by atoms with Crippen molar-refractivity contribution in [1.29, 1.82) is 0 Å². The molecule has 138 valence electrons. The molecular formula is C20H20FN5O. The van der Waals surface area contributed by atoms with Crippen LogP contribution in [0.2, 0.25) is 0 Å². The van der Waals surface area contributed by atoms with E-state index in [2.05, 4.69) is 21.3 Å². The average Bonchev–Trinajstić information content (AvgIpc) is 3.32. The van der Waals surface area contributed by atoms with Crippen molar-refractivity contribution in [2.24, 2.45) is 0 Å². The zero-order valence-electron chi connectivity index (χ0n) is 14.8. The van der Waals surface area contributed by atoms with E-state index < -0.39 is 0 Å². The minimum atomic E-state index is -0.367. The predicted molar refractivity (Wildman–Crippen MR) is 101 cm³/mol. The Morgan fingerprint density at radius 2 is 1.85 bits per heavy atom. The summed E-state index contributed by atoms with van der Waals surface area (Å²) in [6.45, 7) is 1.94. The van der Waals surface area contributed by atoms with Crippen molar-refractivity contribution in [3.05, 3.63) is 77.9 Å². The van der Waals surface area contributed by atoms with Gasteiger partial charge in [0.05, 0.1) is 11.4 Å². The lowest BCUT2D eigenvalue weighted by molar-refractivity contribution is -0.117. The fourth-order valence-electron chi connectivity index (χ4n) is 3.13. The van der Waals surface area contributed by atoms with Gasteiger partial charge in [-0.15, -0.1) is 0 Å². The normalized spacial score (nSPS) is 19.2. The number of benzene rings is 2. The zero-order chi connectivity index (χ0) is 18.8. The Bertz CT molecular complexity index is 936. The highest BCUT2D eigenvalue weighted by atomic mass is 19.1. The van der Waals surface area contributed by atoms with E-state index >= 15 is 0 Å². The third-order valence-electron chi connectivity index (χ3n) is 4.61. The molecular weight excluding hydrogens is 345 g/mol. The predicted octanol–water partition coefficient (Wildman–Crippen LogP) is 2.87. The molecule has 6 nitrogen and oxygen atoms in total. The monoisotopic (exact) mass is 365 g/mol. The molecule has 1 aromatic heterocycles. The summed E-state index contributed by atoms with van der Waals surface area (Å²) in [5.41, 5.74) is 9.65. The van der Waals surface area contributed by atoms with E-state index in [4.69, 9.17) is 0 Å². The van der Waals surface area contributed by atoms with Gasteiger partial charge in [-0.05, 0) is 61.4 Å². The van der Waals surface area contributed by atoms with Gasteiger partial charge < -0.3 is 5.32 Å². The molecule has 1 amide bonds. The van der Waals surface area contributed by atoms with Crippen LogP contribution < -0.4 is 16.2 Å². The van der Waals surface area contributed by atoms with Gasteiger partial charge in [0, 0.05) is 17.9 Å². The molecule has 4 rings (SSSR count). The molecule has 1 aliphatic heterocycles. The first kappa shape index (κ1) is 17.4. The van der Waals surface area contributed by atoms with Gasteiger partial charge >= 0.3 is 0 Å². The Labute approximate surface area is 156 Å². The van der Waals surface area contributed by atoms with Crippen molar-refractivity contribution >= 4 is 11.6 Å². The van der Waals surface area contributed by atoms with E-state index in [0.29, 0.717) is 6.42 Å². The second kappa shape index (κ2) is 7.30. The smallest absolute Gasteiger partial charge is 0.242 e. The van der Waals surface area contributed by atoms with Gasteiger partial charge in [0.15, 0.2) is 0 Å². The summed E-state index contributed by atoms with van der Waals surface area (Å²) in [6.07, 6.45) is 2.48. The molecule has 7 heteroatoms. The van der Waals surface area contributed by atoms with E-state index in [1.807, 2.05) is 43.5 Å². The van der Waals surface area contributed by atoms with Crippen LogP contribution in [-0.2, 0) is 4.79 Å². The van der Waals surface area contributed by atoms with E-state index in [1.54, 1.807) is 16.8 Å². The number of rotatable bonds is 4. The van der Waals surface area contributed by atoms with Crippen LogP contribution in [0.4, 0.5) is 10.1 Å². The number of hydrogen-bond donors (Lipinski definition) is 3. The SMILES string of the molecule is Cc1ccn(-c2ccc(NC(=O)C3CC(c4ccc(F)cc4)NN3)cc2)n1. The Hall–Kier alpha value is -3.03. The average molecular weight is 365 g/mol. The molecule has 0 bridgehead atoms. The maximum Gasteiger partial charge on any atom is 0.242 e. The van der Waals surface area contributed by atoms with Crippen LogP contribution in [0.15, 0.2) is 60.8 Å². The van der Waals surface area contributed by atoms with Gasteiger partial charge in [0.25, 0.3) is 0 Å². The van der Waals surface area contributed by atoms with Gasteiger partial charge in [-0.2, -0.15) is 5.10 Å². The van der Waals surface area contributed by atoms with E-state index in [0.717, 1.165) is 22.6 Å². The van der Waals surface area contributed by atoms with Crippen LogP contribution in [-0.4, -0.2) is 21.7 Å². The third kappa shape index (κ3) is 3.89. The van der Waals surface area contributed by atoms with Crippen molar-refractivity contribution < 1.29 is 9.18 Å². The number of nitrogens with zero attached hydrogens (tertiary/aromatic N) is 2. The molecule has 1 aliphatic rings. The third-order valence-corrected chi connectivity index (χ3v) is 4.61. The second-order valence-electron chi connectivity index (χ2n) is 6.62. The Balaban J connectivity index is 1.37. The summed E-state index contributed by atoms with van der Waals surface area (Å²) in [6, 6.07) is 15.4. The molecule has 2 aromatic carbocycles. The highest BCUT2D eigenvalue weighted by Gasteiger charge is 2.30. The van der Waals surface area contributed by atoms with Crippen LogP contribution in [0.3, 0.4) is 0 Å². The first-order chi connectivity index (χ1) is 13.1. The molecule has 2 heterocycles. The number of amides is 1. The van der Waals surface area contributed by atoms with Crippen LogP contribution in [0.25, 0.3) is 5.69 Å². The number of aromatic nitrogens is 2. The van der Waals surface area contributed by atoms with Crippen molar-refractivity contribution in [3.63, 3.8) is 0 Å². The molecule has 3 N–H and O–H groups in total. The number of halogens is 1. The van der Waals surface area contributed by atoms with E-state index in [-0.39, 0.29) is 23.8 Å². The molecule has 1 fully saturated rings. The minimum Gasteiger partial charge on any atom is -0.325 e. The summed E-state index contributed by atoms with van der Waals surface area (Å²) in [7, 11) is 0. The highest BCUT2D eigenvalue weighted by molar-refractivity contribution is 5.95. The van der Waals surface area contributed by atoms with Crippen molar-refractivity contribution in [2.45, 2.75) is 25.4 Å². The largest absolute Gasteiger partial charge is 0.325 e. The number of anilines is 1. The van der Waals surface area contributed by atoms with Crippen molar-refractivity contribution in [3.8, 4) is 5.69 Å². The van der Waals surface area contributed by atoms with Gasteiger partial charge in [-0.1, -0.05) is 12.1 Å². The van der Waals surface area contributed by atoms with E-state index in [1.165, 1.54) is 12.1 Å². The molecule has 1 saturated heterocycles. The lowest BCUT2D eigenvalue weighted by Crippen LogP contribution is -2.39. The number of carbonyl (C=O) groups excluding carboxylic acids is 1. The Kier molecular flexibility index (Phi) is 4.70. The molecule has 0 spiro atoms. The van der Waals surface area contributed by atoms with Gasteiger partial charge in [0.1, 0.15) is 11.9 Å². The summed E-state index contributed by atoms with van der Waals surface area (Å²) in [5, 5.41) is 7.28. The Morgan fingerprint density at radius 1 is 1.11 bits per heavy atom. The quantitative estimate of drug-likeness (QED) is 0.665. The molecule has 0 aliphatic carbocycles. The molecule has 2 atom stereocenters. The standard InChI is InChI=1S/C20H20FN5O/c1-13-10-11-26(25-13)17-8-6-16(7-9-17)22-20(27)19-12-18(23-24-19)14-2-4-15(21)5-3-14/h2-11,18-19,23-24H,12H2,1H3,(H,22,27). The maximum absolute atomic E-state index is 13.1. The topological polar surface area (TPSA) is 71.0 Å². The number of hydrazine groups is 1. The van der Waals surface area contributed by atoms with E-state index in [9.17, 15) is 9.18 Å². The van der Waals surface area contributed by atoms with Gasteiger partial charge in [-0.25, -0.2) is 19.9 Å². The van der Waals surface area contributed by atoms with Crippen molar-refractivity contribution in [2.75, 3.05) is 5.32 Å². The summed E-state index contributed by atoms with van der Waals surface area (Å²) < 4.78 is 14.8. The van der Waals surface area contributed by atoms with Gasteiger partial charge in [0.2, 0.25) is 5.91 Å². The summed E-state index contributed by atoms with van der Waals surface area (Å²) in [4.78, 5) is 12.5. The lowest BCUT2D eigenvalue weighted by atomic mass is 10.0. The second-order valence-corrected chi connectivity index (χ2v) is 6.62. The molecule has 0 saturated carbocycles. The summed E-state index contributed by atoms with van der Waals surface area (Å²) in [5.74, 6) is -0.387.